The molecule has 0 bridgehead atoms. The smallest absolute Gasteiger partial charge is 0.320 e. The lowest BCUT2D eigenvalue weighted by molar-refractivity contribution is -0.156. The van der Waals surface area contributed by atoms with Gasteiger partial charge in [0.2, 0.25) is 0 Å². The van der Waals surface area contributed by atoms with E-state index in [0.717, 1.165) is 10.5 Å². The van der Waals surface area contributed by atoms with Crippen LogP contribution in [0.4, 0.5) is 0 Å². The number of likely N-dealkylation sites (N-methyl/N-ethyl adjacent to an activating group) is 1. The van der Waals surface area contributed by atoms with Crippen molar-refractivity contribution < 1.29 is 19.4 Å². The van der Waals surface area contributed by atoms with Gasteiger partial charge in [-0.05, 0) is 58.7 Å². The van der Waals surface area contributed by atoms with E-state index in [9.17, 15) is 14.7 Å². The molecule has 2 rings (SSSR count). The highest BCUT2D eigenvalue weighted by atomic mass is 32.2. The molecule has 1 aromatic carbocycles. The Kier molecular flexibility index (Phi) is 6.94. The summed E-state index contributed by atoms with van der Waals surface area (Å²) in [7, 11) is 1.77. The zero-order valence-corrected chi connectivity index (χ0v) is 17.8. The fourth-order valence-electron chi connectivity index (χ4n) is 3.19. The average Bonchev–Trinajstić information content (AvgIpc) is 2.94. The molecule has 0 unspecified atom stereocenters. The number of esters is 1. The van der Waals surface area contributed by atoms with Crippen molar-refractivity contribution in [3.63, 3.8) is 0 Å². The number of benzene rings is 1. The van der Waals surface area contributed by atoms with Crippen molar-refractivity contribution >= 4 is 23.6 Å². The van der Waals surface area contributed by atoms with Crippen molar-refractivity contribution in [3.05, 3.63) is 29.3 Å². The molecule has 1 saturated heterocycles. The van der Waals surface area contributed by atoms with Crippen molar-refractivity contribution in [3.8, 4) is 0 Å². The number of ether oxygens (including phenoxy) is 1. The Morgan fingerprint density at radius 3 is 2.59 bits per heavy atom. The predicted molar refractivity (Wildman–Crippen MR) is 107 cm³/mol. The van der Waals surface area contributed by atoms with Crippen molar-refractivity contribution in [2.75, 3.05) is 32.9 Å². The van der Waals surface area contributed by atoms with Crippen LogP contribution in [0.1, 0.15) is 36.7 Å². The van der Waals surface area contributed by atoms with Crippen LogP contribution in [0.3, 0.4) is 0 Å². The van der Waals surface area contributed by atoms with Crippen molar-refractivity contribution in [2.45, 2.75) is 50.3 Å². The van der Waals surface area contributed by atoms with Gasteiger partial charge in [0.05, 0.1) is 18.7 Å². The Hall–Kier alpha value is -1.57. The van der Waals surface area contributed by atoms with E-state index in [1.807, 2.05) is 52.1 Å². The van der Waals surface area contributed by atoms with E-state index in [4.69, 9.17) is 4.74 Å². The number of β-amino-alcohol motifs (C(OH)–C–C–N with tert-alkyl or cyclic N) is 1. The number of carbonyl (C=O) groups is 2. The standard InChI is InChI=1S/C20H30N2O4S/c1-13-7-8-14(27-6)9-15(13)19(25)22-10-16(17(23)11-22)21(5)12-18(24)26-20(2,3)4/h7-9,16-17,23H,10-12H2,1-6H3/t16-,17-/m1/s1. The Labute approximate surface area is 165 Å². The molecule has 0 saturated carbocycles. The molecule has 2 atom stereocenters. The van der Waals surface area contributed by atoms with E-state index in [1.165, 1.54) is 0 Å². The molecule has 150 valence electrons. The molecule has 1 fully saturated rings. The van der Waals surface area contributed by atoms with E-state index in [0.29, 0.717) is 12.1 Å². The summed E-state index contributed by atoms with van der Waals surface area (Å²) in [4.78, 5) is 29.5. The molecule has 0 aromatic heterocycles. The predicted octanol–water partition coefficient (Wildman–Crippen LogP) is 2.18. The minimum absolute atomic E-state index is 0.0714. The molecule has 0 radical (unpaired) electrons. The van der Waals surface area contributed by atoms with Gasteiger partial charge in [-0.15, -0.1) is 11.8 Å². The van der Waals surface area contributed by atoms with Gasteiger partial charge in [-0.25, -0.2) is 0 Å². The summed E-state index contributed by atoms with van der Waals surface area (Å²) in [5, 5.41) is 10.4. The fourth-order valence-corrected chi connectivity index (χ4v) is 3.63. The van der Waals surface area contributed by atoms with Gasteiger partial charge in [0.1, 0.15) is 5.60 Å². The Morgan fingerprint density at radius 1 is 1.33 bits per heavy atom. The van der Waals surface area contributed by atoms with Crippen LogP contribution in [-0.4, -0.2) is 77.5 Å². The number of rotatable bonds is 5. The first-order chi connectivity index (χ1) is 12.5. The van der Waals surface area contributed by atoms with Crippen LogP contribution < -0.4 is 0 Å². The summed E-state index contributed by atoms with van der Waals surface area (Å²) in [6.45, 7) is 8.08. The van der Waals surface area contributed by atoms with Crippen LogP contribution >= 0.6 is 11.8 Å². The summed E-state index contributed by atoms with van der Waals surface area (Å²) >= 11 is 1.59. The third kappa shape index (κ3) is 5.70. The van der Waals surface area contributed by atoms with Crippen LogP contribution in [0.5, 0.6) is 0 Å². The third-order valence-corrected chi connectivity index (χ3v) is 5.31. The summed E-state index contributed by atoms with van der Waals surface area (Å²) in [6, 6.07) is 5.53. The molecule has 1 aliphatic rings. The number of thioether (sulfide) groups is 1. The van der Waals surface area contributed by atoms with Gasteiger partial charge in [-0.2, -0.15) is 0 Å². The normalized spacial score (nSPS) is 20.2. The van der Waals surface area contributed by atoms with Crippen LogP contribution in [0, 0.1) is 6.92 Å². The number of nitrogens with zero attached hydrogens (tertiary/aromatic N) is 2. The van der Waals surface area contributed by atoms with Crippen LogP contribution in [-0.2, 0) is 9.53 Å². The monoisotopic (exact) mass is 394 g/mol. The first-order valence-corrected chi connectivity index (χ1v) is 10.3. The van der Waals surface area contributed by atoms with Crippen molar-refractivity contribution in [2.24, 2.45) is 0 Å². The highest BCUT2D eigenvalue weighted by Crippen LogP contribution is 2.23. The molecule has 1 aliphatic heterocycles. The average molecular weight is 395 g/mol. The number of aliphatic hydroxyl groups excluding tert-OH is 1. The van der Waals surface area contributed by atoms with Crippen LogP contribution in [0.2, 0.25) is 0 Å². The number of likely N-dealkylation sites (tertiary alicyclic amines) is 1. The number of amides is 1. The summed E-state index contributed by atoms with van der Waals surface area (Å²) in [5.41, 5.74) is 1.02. The number of aliphatic hydroxyl groups is 1. The minimum Gasteiger partial charge on any atom is -0.459 e. The molecule has 1 N–H and O–H groups in total. The maximum absolute atomic E-state index is 13.0. The second-order valence-electron chi connectivity index (χ2n) is 8.03. The maximum Gasteiger partial charge on any atom is 0.320 e. The van der Waals surface area contributed by atoms with Crippen LogP contribution in [0.15, 0.2) is 23.1 Å². The molecule has 7 heteroatoms. The molecule has 0 aliphatic carbocycles. The van der Waals surface area contributed by atoms with Crippen molar-refractivity contribution in [1.29, 1.82) is 0 Å². The van der Waals surface area contributed by atoms with Gasteiger partial charge < -0.3 is 14.7 Å². The van der Waals surface area contributed by atoms with E-state index in [2.05, 4.69) is 0 Å². The van der Waals surface area contributed by atoms with Gasteiger partial charge in [-0.1, -0.05) is 6.07 Å². The van der Waals surface area contributed by atoms with E-state index >= 15 is 0 Å². The lowest BCUT2D eigenvalue weighted by Gasteiger charge is -2.27. The third-order valence-electron chi connectivity index (χ3n) is 4.59. The molecular weight excluding hydrogens is 364 g/mol. The fraction of sp³-hybridized carbons (Fsp3) is 0.600. The second-order valence-corrected chi connectivity index (χ2v) is 8.91. The molecule has 1 aromatic rings. The van der Waals surface area contributed by atoms with E-state index < -0.39 is 11.7 Å². The number of hydrogen-bond acceptors (Lipinski definition) is 6. The zero-order chi connectivity index (χ0) is 20.4. The molecule has 0 spiro atoms. The highest BCUT2D eigenvalue weighted by molar-refractivity contribution is 7.98. The van der Waals surface area contributed by atoms with E-state index in [1.54, 1.807) is 28.6 Å². The second kappa shape index (κ2) is 8.63. The summed E-state index contributed by atoms with van der Waals surface area (Å²) < 4.78 is 5.34. The van der Waals surface area contributed by atoms with Crippen LogP contribution in [0.25, 0.3) is 0 Å². The summed E-state index contributed by atoms with van der Waals surface area (Å²) in [6.07, 6.45) is 1.27. The quantitative estimate of drug-likeness (QED) is 0.610. The lowest BCUT2D eigenvalue weighted by atomic mass is 10.1. The Bertz CT molecular complexity index is 702. The Balaban J connectivity index is 2.05. The topological polar surface area (TPSA) is 70.1 Å². The largest absolute Gasteiger partial charge is 0.459 e. The van der Waals surface area contributed by atoms with Gasteiger partial charge in [0.25, 0.3) is 5.91 Å². The number of hydrogen-bond donors (Lipinski definition) is 1. The van der Waals surface area contributed by atoms with Gasteiger partial charge in [0, 0.05) is 23.5 Å². The maximum atomic E-state index is 13.0. The van der Waals surface area contributed by atoms with Crippen molar-refractivity contribution in [1.82, 2.24) is 9.80 Å². The first kappa shape index (κ1) is 21.7. The lowest BCUT2D eigenvalue weighted by Crippen LogP contribution is -2.44. The first-order valence-electron chi connectivity index (χ1n) is 9.06. The molecular formula is C20H30N2O4S. The van der Waals surface area contributed by atoms with Gasteiger partial charge in [0.15, 0.2) is 0 Å². The number of aryl methyl sites for hydroxylation is 1. The molecule has 27 heavy (non-hydrogen) atoms. The highest BCUT2D eigenvalue weighted by Gasteiger charge is 2.38. The Morgan fingerprint density at radius 2 is 2.00 bits per heavy atom. The minimum atomic E-state index is -0.703. The van der Waals surface area contributed by atoms with Gasteiger partial charge in [-0.3, -0.25) is 14.5 Å². The van der Waals surface area contributed by atoms with Gasteiger partial charge >= 0.3 is 5.97 Å². The zero-order valence-electron chi connectivity index (χ0n) is 17.0. The molecule has 1 heterocycles. The van der Waals surface area contributed by atoms with E-state index in [-0.39, 0.29) is 31.0 Å². The summed E-state index contributed by atoms with van der Waals surface area (Å²) in [5.74, 6) is -0.430. The molecule has 1 amide bonds. The number of carbonyl (C=O) groups excluding carboxylic acids is 2. The SMILES string of the molecule is CSc1ccc(C)c(C(=O)N2C[C@@H](O)[C@H](N(C)CC(=O)OC(C)(C)C)C2)c1. The molecule has 6 nitrogen and oxygen atoms in total.